The van der Waals surface area contributed by atoms with Crippen molar-refractivity contribution >= 4 is 0 Å². The highest BCUT2D eigenvalue weighted by atomic mass is 19.1. The van der Waals surface area contributed by atoms with Gasteiger partial charge in [-0.05, 0) is 32.0 Å². The van der Waals surface area contributed by atoms with Crippen molar-refractivity contribution in [2.45, 2.75) is 20.0 Å². The number of halogens is 1. The normalized spacial score (nSPS) is 12.3. The maximum absolute atomic E-state index is 13.8. The van der Waals surface area contributed by atoms with Gasteiger partial charge in [0.25, 0.3) is 0 Å². The number of hydrogen-bond donors (Lipinski definition) is 1. The quantitative estimate of drug-likeness (QED) is 0.914. The molecule has 0 aliphatic heterocycles. The summed E-state index contributed by atoms with van der Waals surface area (Å²) in [7, 11) is 1.54. The van der Waals surface area contributed by atoms with E-state index in [0.29, 0.717) is 11.3 Å². The highest BCUT2D eigenvalue weighted by Gasteiger charge is 2.19. The van der Waals surface area contributed by atoms with Crippen LogP contribution in [0.4, 0.5) is 4.39 Å². The van der Waals surface area contributed by atoms with Crippen LogP contribution in [0.15, 0.2) is 36.4 Å². The molecule has 0 amide bonds. The lowest BCUT2D eigenvalue weighted by Gasteiger charge is -2.17. The summed E-state index contributed by atoms with van der Waals surface area (Å²) in [5.41, 5.74) is 2.74. The van der Waals surface area contributed by atoms with Gasteiger partial charge in [0.05, 0.1) is 7.11 Å². The van der Waals surface area contributed by atoms with Gasteiger partial charge < -0.3 is 9.84 Å². The van der Waals surface area contributed by atoms with Gasteiger partial charge >= 0.3 is 0 Å². The van der Waals surface area contributed by atoms with Crippen molar-refractivity contribution in [3.63, 3.8) is 0 Å². The van der Waals surface area contributed by atoms with Crippen molar-refractivity contribution < 1.29 is 14.2 Å². The summed E-state index contributed by atoms with van der Waals surface area (Å²) >= 11 is 0. The SMILES string of the molecule is COc1ccc(C)cc1C(O)c1cc(C)ccc1F. The van der Waals surface area contributed by atoms with Crippen molar-refractivity contribution in [1.29, 1.82) is 0 Å². The molecule has 0 heterocycles. The minimum Gasteiger partial charge on any atom is -0.496 e. The van der Waals surface area contributed by atoms with Gasteiger partial charge in [0.1, 0.15) is 17.7 Å². The third-order valence-corrected chi connectivity index (χ3v) is 3.13. The van der Waals surface area contributed by atoms with E-state index in [1.54, 1.807) is 18.2 Å². The van der Waals surface area contributed by atoms with Gasteiger partial charge in [0, 0.05) is 11.1 Å². The molecule has 0 aliphatic carbocycles. The molecule has 0 bridgehead atoms. The van der Waals surface area contributed by atoms with E-state index in [1.165, 1.54) is 13.2 Å². The van der Waals surface area contributed by atoms with Gasteiger partial charge in [-0.3, -0.25) is 0 Å². The van der Waals surface area contributed by atoms with E-state index >= 15 is 0 Å². The van der Waals surface area contributed by atoms with Gasteiger partial charge in [-0.2, -0.15) is 0 Å². The van der Waals surface area contributed by atoms with Crippen molar-refractivity contribution in [1.82, 2.24) is 0 Å². The predicted molar refractivity (Wildman–Crippen MR) is 72.9 cm³/mol. The van der Waals surface area contributed by atoms with Crippen LogP contribution in [-0.4, -0.2) is 12.2 Å². The van der Waals surface area contributed by atoms with E-state index < -0.39 is 11.9 Å². The zero-order valence-electron chi connectivity index (χ0n) is 11.3. The van der Waals surface area contributed by atoms with Crippen LogP contribution in [0.3, 0.4) is 0 Å². The monoisotopic (exact) mass is 260 g/mol. The smallest absolute Gasteiger partial charge is 0.129 e. The summed E-state index contributed by atoms with van der Waals surface area (Å²) in [6, 6.07) is 10.2. The number of hydrogen-bond acceptors (Lipinski definition) is 2. The highest BCUT2D eigenvalue weighted by molar-refractivity contribution is 5.43. The first-order valence-corrected chi connectivity index (χ1v) is 6.11. The lowest BCUT2D eigenvalue weighted by atomic mass is 9.97. The fourth-order valence-corrected chi connectivity index (χ4v) is 2.11. The second-order valence-corrected chi connectivity index (χ2v) is 4.67. The van der Waals surface area contributed by atoms with Crippen LogP contribution < -0.4 is 4.74 Å². The Kier molecular flexibility index (Phi) is 3.86. The predicted octanol–water partition coefficient (Wildman–Crippen LogP) is 3.53. The molecule has 2 aromatic carbocycles. The summed E-state index contributed by atoms with van der Waals surface area (Å²) in [5, 5.41) is 10.4. The number of methoxy groups -OCH3 is 1. The molecule has 0 aliphatic rings. The molecule has 0 spiro atoms. The minimum absolute atomic E-state index is 0.268. The molecule has 0 aromatic heterocycles. The Morgan fingerprint density at radius 2 is 1.58 bits per heavy atom. The average Bonchev–Trinajstić information content (AvgIpc) is 2.40. The second-order valence-electron chi connectivity index (χ2n) is 4.67. The third kappa shape index (κ3) is 2.76. The summed E-state index contributed by atoms with van der Waals surface area (Å²) in [6.07, 6.45) is -1.03. The van der Waals surface area contributed by atoms with Crippen LogP contribution in [0.5, 0.6) is 5.75 Å². The fourth-order valence-electron chi connectivity index (χ4n) is 2.11. The maximum atomic E-state index is 13.8. The Morgan fingerprint density at radius 3 is 2.21 bits per heavy atom. The largest absolute Gasteiger partial charge is 0.496 e. The van der Waals surface area contributed by atoms with E-state index in [-0.39, 0.29) is 5.56 Å². The maximum Gasteiger partial charge on any atom is 0.129 e. The summed E-state index contributed by atoms with van der Waals surface area (Å²) in [5.74, 6) is 0.140. The number of ether oxygens (including phenoxy) is 1. The molecule has 0 saturated carbocycles. The number of aliphatic hydroxyl groups excluding tert-OH is 1. The number of benzene rings is 2. The van der Waals surface area contributed by atoms with Crippen LogP contribution in [-0.2, 0) is 0 Å². The molecular weight excluding hydrogens is 243 g/mol. The number of aliphatic hydroxyl groups is 1. The third-order valence-electron chi connectivity index (χ3n) is 3.13. The molecule has 3 heteroatoms. The first kappa shape index (κ1) is 13.6. The summed E-state index contributed by atoms with van der Waals surface area (Å²) in [6.45, 7) is 3.78. The van der Waals surface area contributed by atoms with E-state index in [1.807, 2.05) is 26.0 Å². The molecule has 2 rings (SSSR count). The second kappa shape index (κ2) is 5.41. The first-order chi connectivity index (χ1) is 9.02. The fraction of sp³-hybridized carbons (Fsp3) is 0.250. The Labute approximate surface area is 112 Å². The molecule has 1 atom stereocenters. The van der Waals surface area contributed by atoms with Crippen molar-refractivity contribution in [3.8, 4) is 5.75 Å². The van der Waals surface area contributed by atoms with E-state index in [9.17, 15) is 9.50 Å². The van der Waals surface area contributed by atoms with Crippen molar-refractivity contribution in [2.24, 2.45) is 0 Å². The molecule has 0 fully saturated rings. The Hall–Kier alpha value is -1.87. The van der Waals surface area contributed by atoms with Gasteiger partial charge in [-0.15, -0.1) is 0 Å². The molecule has 1 N–H and O–H groups in total. The number of aryl methyl sites for hydroxylation is 2. The van der Waals surface area contributed by atoms with Crippen LogP contribution in [0.1, 0.15) is 28.4 Å². The lowest BCUT2D eigenvalue weighted by Crippen LogP contribution is -2.05. The lowest BCUT2D eigenvalue weighted by molar-refractivity contribution is 0.209. The van der Waals surface area contributed by atoms with Crippen LogP contribution in [0, 0.1) is 19.7 Å². The molecule has 19 heavy (non-hydrogen) atoms. The van der Waals surface area contributed by atoms with Gasteiger partial charge in [0.2, 0.25) is 0 Å². The molecule has 1 unspecified atom stereocenters. The van der Waals surface area contributed by atoms with Gasteiger partial charge in [-0.25, -0.2) is 4.39 Å². The Bertz CT molecular complexity index is 593. The summed E-state index contributed by atoms with van der Waals surface area (Å²) < 4.78 is 19.1. The topological polar surface area (TPSA) is 29.5 Å². The standard InChI is InChI=1S/C16H17FO2/c1-10-4-6-14(17)12(8-10)16(18)13-9-11(2)5-7-15(13)19-3/h4-9,16,18H,1-3H3. The highest BCUT2D eigenvalue weighted by Crippen LogP contribution is 2.32. The molecule has 0 saturated heterocycles. The summed E-state index contributed by atoms with van der Waals surface area (Å²) in [4.78, 5) is 0. The van der Waals surface area contributed by atoms with E-state index in [2.05, 4.69) is 0 Å². The first-order valence-electron chi connectivity index (χ1n) is 6.11. The Balaban J connectivity index is 2.51. The zero-order chi connectivity index (χ0) is 14.0. The molecule has 2 nitrogen and oxygen atoms in total. The molecule has 0 radical (unpaired) electrons. The average molecular weight is 260 g/mol. The van der Waals surface area contributed by atoms with E-state index in [0.717, 1.165) is 11.1 Å². The molecule has 100 valence electrons. The van der Waals surface area contributed by atoms with Gasteiger partial charge in [-0.1, -0.05) is 29.3 Å². The number of rotatable bonds is 3. The molecular formula is C16H17FO2. The Morgan fingerprint density at radius 1 is 1.00 bits per heavy atom. The van der Waals surface area contributed by atoms with Crippen molar-refractivity contribution in [2.75, 3.05) is 7.11 Å². The van der Waals surface area contributed by atoms with Crippen molar-refractivity contribution in [3.05, 3.63) is 64.5 Å². The van der Waals surface area contributed by atoms with Crippen LogP contribution in [0.25, 0.3) is 0 Å². The van der Waals surface area contributed by atoms with E-state index in [4.69, 9.17) is 4.74 Å². The zero-order valence-corrected chi connectivity index (χ0v) is 11.3. The minimum atomic E-state index is -1.03. The van der Waals surface area contributed by atoms with Gasteiger partial charge in [0.15, 0.2) is 0 Å². The van der Waals surface area contributed by atoms with Crippen LogP contribution in [0.2, 0.25) is 0 Å². The molecule has 2 aromatic rings. The van der Waals surface area contributed by atoms with Crippen LogP contribution >= 0.6 is 0 Å².